The van der Waals surface area contributed by atoms with Gasteiger partial charge in [-0.2, -0.15) is 0 Å². The van der Waals surface area contributed by atoms with Gasteiger partial charge in [0.25, 0.3) is 11.8 Å². The van der Waals surface area contributed by atoms with Crippen molar-refractivity contribution < 1.29 is 14.3 Å². The molecule has 1 aliphatic rings. The first-order chi connectivity index (χ1) is 10.6. The van der Waals surface area contributed by atoms with Crippen molar-refractivity contribution in [1.29, 1.82) is 0 Å². The molecular weight excluding hydrogens is 322 g/mol. The van der Waals surface area contributed by atoms with Gasteiger partial charge >= 0.3 is 0 Å². The summed E-state index contributed by atoms with van der Waals surface area (Å²) in [6, 6.07) is 3.57. The second-order valence-electron chi connectivity index (χ2n) is 4.77. The van der Waals surface area contributed by atoms with E-state index in [1.807, 2.05) is 11.4 Å². The molecular formula is C14H15N3O3S2. The summed E-state index contributed by atoms with van der Waals surface area (Å²) in [5.74, 6) is -0.246. The normalized spacial score (nSPS) is 14.9. The molecule has 1 N–H and O–H groups in total. The molecule has 2 aromatic heterocycles. The van der Waals surface area contributed by atoms with Crippen LogP contribution in [0.3, 0.4) is 0 Å². The van der Waals surface area contributed by atoms with Crippen molar-refractivity contribution in [3.05, 3.63) is 33.0 Å². The Balaban J connectivity index is 1.73. The van der Waals surface area contributed by atoms with E-state index in [0.29, 0.717) is 46.9 Å². The van der Waals surface area contributed by atoms with Crippen molar-refractivity contribution in [1.82, 2.24) is 9.88 Å². The maximum atomic E-state index is 12.5. The molecule has 8 heteroatoms. The molecule has 0 saturated carbocycles. The Kier molecular flexibility index (Phi) is 4.51. The van der Waals surface area contributed by atoms with Crippen molar-refractivity contribution in [2.45, 2.75) is 6.92 Å². The lowest BCUT2D eigenvalue weighted by atomic mass is 10.3. The number of aryl methyl sites for hydroxylation is 1. The van der Waals surface area contributed by atoms with E-state index in [1.165, 1.54) is 22.7 Å². The van der Waals surface area contributed by atoms with Crippen LogP contribution >= 0.6 is 22.7 Å². The Hall–Kier alpha value is -1.77. The first-order valence-corrected chi connectivity index (χ1v) is 8.54. The smallest absolute Gasteiger partial charge is 0.267 e. The molecule has 6 nitrogen and oxygen atoms in total. The Morgan fingerprint density at radius 3 is 2.82 bits per heavy atom. The van der Waals surface area contributed by atoms with Crippen LogP contribution in [0.4, 0.5) is 5.13 Å². The monoisotopic (exact) mass is 337 g/mol. The first kappa shape index (κ1) is 15.1. The summed E-state index contributed by atoms with van der Waals surface area (Å²) in [7, 11) is 0. The Bertz CT molecular complexity index is 676. The van der Waals surface area contributed by atoms with Crippen LogP contribution in [0.2, 0.25) is 0 Å². The Morgan fingerprint density at radius 2 is 2.14 bits per heavy atom. The van der Waals surface area contributed by atoms with Crippen molar-refractivity contribution in [3.63, 3.8) is 0 Å². The van der Waals surface area contributed by atoms with E-state index in [9.17, 15) is 9.59 Å². The minimum Gasteiger partial charge on any atom is -0.378 e. The molecule has 1 saturated heterocycles. The molecule has 116 valence electrons. The molecule has 3 rings (SSSR count). The highest BCUT2D eigenvalue weighted by Crippen LogP contribution is 2.25. The number of aromatic nitrogens is 1. The molecule has 0 spiro atoms. The van der Waals surface area contributed by atoms with Gasteiger partial charge in [-0.25, -0.2) is 4.98 Å². The van der Waals surface area contributed by atoms with Crippen molar-refractivity contribution in [2.75, 3.05) is 31.6 Å². The molecule has 3 heterocycles. The fraction of sp³-hybridized carbons (Fsp3) is 0.357. The van der Waals surface area contributed by atoms with Gasteiger partial charge in [-0.15, -0.1) is 11.3 Å². The number of carbonyl (C=O) groups excluding carboxylic acids is 2. The van der Waals surface area contributed by atoms with Crippen LogP contribution in [0, 0.1) is 6.92 Å². The standard InChI is InChI=1S/C14H15N3O3S2/c1-9-11(13(19)17-4-6-20-7-5-17)22-14(15-9)16-12(18)10-3-2-8-21-10/h2-3,8H,4-7H2,1H3,(H,15,16,18). The third kappa shape index (κ3) is 3.18. The molecule has 22 heavy (non-hydrogen) atoms. The number of anilines is 1. The minimum atomic E-state index is -0.200. The summed E-state index contributed by atoms with van der Waals surface area (Å²) in [6.45, 7) is 4.09. The predicted octanol–water partition coefficient (Wildman–Crippen LogP) is 2.24. The van der Waals surface area contributed by atoms with Crippen molar-refractivity contribution >= 4 is 39.6 Å². The second-order valence-corrected chi connectivity index (χ2v) is 6.72. The van der Waals surface area contributed by atoms with Gasteiger partial charge in [0.15, 0.2) is 5.13 Å². The second kappa shape index (κ2) is 6.55. The molecule has 0 atom stereocenters. The Labute approximate surface area is 135 Å². The number of morpholine rings is 1. The third-order valence-electron chi connectivity index (χ3n) is 3.25. The number of nitrogens with zero attached hydrogens (tertiary/aromatic N) is 2. The summed E-state index contributed by atoms with van der Waals surface area (Å²) >= 11 is 2.58. The van der Waals surface area contributed by atoms with E-state index in [2.05, 4.69) is 10.3 Å². The SMILES string of the molecule is Cc1nc(NC(=O)c2cccs2)sc1C(=O)N1CCOCC1. The van der Waals surface area contributed by atoms with Gasteiger partial charge in [0.1, 0.15) is 4.88 Å². The molecule has 0 bridgehead atoms. The zero-order valence-corrected chi connectivity index (χ0v) is 13.6. The Morgan fingerprint density at radius 1 is 1.36 bits per heavy atom. The summed E-state index contributed by atoms with van der Waals surface area (Å²) in [5, 5.41) is 5.04. The topological polar surface area (TPSA) is 71.5 Å². The average molecular weight is 337 g/mol. The average Bonchev–Trinajstić information content (AvgIpc) is 3.17. The van der Waals surface area contributed by atoms with Crippen LogP contribution in [-0.2, 0) is 4.74 Å². The number of amides is 2. The zero-order valence-electron chi connectivity index (χ0n) is 12.0. The first-order valence-electron chi connectivity index (χ1n) is 6.84. The van der Waals surface area contributed by atoms with E-state index in [4.69, 9.17) is 4.74 Å². The number of ether oxygens (including phenoxy) is 1. The lowest BCUT2D eigenvalue weighted by Gasteiger charge is -2.26. The highest BCUT2D eigenvalue weighted by molar-refractivity contribution is 7.18. The van der Waals surface area contributed by atoms with Gasteiger partial charge in [-0.1, -0.05) is 17.4 Å². The van der Waals surface area contributed by atoms with Gasteiger partial charge in [0, 0.05) is 13.1 Å². The summed E-state index contributed by atoms with van der Waals surface area (Å²) in [5.41, 5.74) is 0.642. The van der Waals surface area contributed by atoms with E-state index >= 15 is 0 Å². The van der Waals surface area contributed by atoms with Gasteiger partial charge in [-0.3, -0.25) is 14.9 Å². The number of carbonyl (C=O) groups is 2. The van der Waals surface area contributed by atoms with Gasteiger partial charge < -0.3 is 9.64 Å². The summed E-state index contributed by atoms with van der Waals surface area (Å²) in [4.78, 5) is 31.7. The van der Waals surface area contributed by atoms with Crippen molar-refractivity contribution in [3.8, 4) is 0 Å². The van der Waals surface area contributed by atoms with Crippen LogP contribution < -0.4 is 5.32 Å². The third-order valence-corrected chi connectivity index (χ3v) is 5.18. The predicted molar refractivity (Wildman–Crippen MR) is 85.8 cm³/mol. The molecule has 0 radical (unpaired) electrons. The number of thiophene rings is 1. The largest absolute Gasteiger partial charge is 0.378 e. The van der Waals surface area contributed by atoms with E-state index in [1.54, 1.807) is 17.9 Å². The fourth-order valence-corrected chi connectivity index (χ4v) is 3.67. The van der Waals surface area contributed by atoms with E-state index < -0.39 is 0 Å². The highest BCUT2D eigenvalue weighted by atomic mass is 32.1. The molecule has 2 amide bonds. The number of hydrogen-bond acceptors (Lipinski definition) is 6. The van der Waals surface area contributed by atoms with E-state index in [0.717, 1.165) is 0 Å². The fourth-order valence-electron chi connectivity index (χ4n) is 2.12. The molecule has 0 aromatic carbocycles. The van der Waals surface area contributed by atoms with Gasteiger partial charge in [-0.05, 0) is 18.4 Å². The van der Waals surface area contributed by atoms with Crippen LogP contribution in [0.5, 0.6) is 0 Å². The highest BCUT2D eigenvalue weighted by Gasteiger charge is 2.23. The maximum Gasteiger partial charge on any atom is 0.267 e. The molecule has 0 unspecified atom stereocenters. The van der Waals surface area contributed by atoms with Crippen LogP contribution in [0.1, 0.15) is 25.0 Å². The van der Waals surface area contributed by atoms with Crippen LogP contribution in [0.15, 0.2) is 17.5 Å². The van der Waals surface area contributed by atoms with Crippen LogP contribution in [0.25, 0.3) is 0 Å². The molecule has 2 aromatic rings. The molecule has 1 aliphatic heterocycles. The maximum absolute atomic E-state index is 12.5. The number of rotatable bonds is 3. The van der Waals surface area contributed by atoms with Gasteiger partial charge in [0.2, 0.25) is 0 Å². The summed E-state index contributed by atoms with van der Waals surface area (Å²) in [6.07, 6.45) is 0. The van der Waals surface area contributed by atoms with Crippen LogP contribution in [-0.4, -0.2) is 48.0 Å². The zero-order chi connectivity index (χ0) is 15.5. The minimum absolute atomic E-state index is 0.0464. The van der Waals surface area contributed by atoms with E-state index in [-0.39, 0.29) is 11.8 Å². The number of nitrogens with one attached hydrogen (secondary N) is 1. The van der Waals surface area contributed by atoms with Crippen molar-refractivity contribution in [2.24, 2.45) is 0 Å². The lowest BCUT2D eigenvalue weighted by molar-refractivity contribution is 0.0305. The number of thiazole rings is 1. The lowest BCUT2D eigenvalue weighted by Crippen LogP contribution is -2.40. The summed E-state index contributed by atoms with van der Waals surface area (Å²) < 4.78 is 5.25. The molecule has 0 aliphatic carbocycles. The quantitative estimate of drug-likeness (QED) is 0.932. The van der Waals surface area contributed by atoms with Gasteiger partial charge in [0.05, 0.1) is 23.8 Å². The molecule has 1 fully saturated rings. The number of hydrogen-bond donors (Lipinski definition) is 1.